The molecular formula is C15H15N3O. The monoisotopic (exact) mass is 253 g/mol. The van der Waals surface area contributed by atoms with Crippen LogP contribution in [0, 0.1) is 6.92 Å². The van der Waals surface area contributed by atoms with E-state index in [-0.39, 0.29) is 5.91 Å². The maximum atomic E-state index is 11.7. The van der Waals surface area contributed by atoms with E-state index in [2.05, 4.69) is 10.3 Å². The van der Waals surface area contributed by atoms with Gasteiger partial charge in [0.05, 0.1) is 0 Å². The van der Waals surface area contributed by atoms with Crippen LogP contribution < -0.4 is 11.1 Å². The fraction of sp³-hybridized carbons (Fsp3) is 0.0667. The number of hydrogen-bond donors (Lipinski definition) is 2. The lowest BCUT2D eigenvalue weighted by molar-refractivity contribution is -0.111. The second-order valence-electron chi connectivity index (χ2n) is 4.21. The molecule has 0 spiro atoms. The molecule has 3 N–H and O–H groups in total. The summed E-state index contributed by atoms with van der Waals surface area (Å²) >= 11 is 0. The highest BCUT2D eigenvalue weighted by atomic mass is 16.1. The molecule has 2 rings (SSSR count). The fourth-order valence-corrected chi connectivity index (χ4v) is 1.61. The Kier molecular flexibility index (Phi) is 3.93. The van der Waals surface area contributed by atoms with Crippen molar-refractivity contribution in [2.45, 2.75) is 6.92 Å². The van der Waals surface area contributed by atoms with Crippen molar-refractivity contribution >= 4 is 23.5 Å². The first-order valence-electron chi connectivity index (χ1n) is 5.91. The van der Waals surface area contributed by atoms with Crippen LogP contribution in [0.1, 0.15) is 11.1 Å². The minimum atomic E-state index is -0.222. The van der Waals surface area contributed by atoms with E-state index >= 15 is 0 Å². The number of nitrogens with one attached hydrogen (secondary N) is 1. The molecule has 0 aliphatic carbocycles. The molecule has 2 aromatic rings. The van der Waals surface area contributed by atoms with E-state index in [0.29, 0.717) is 11.5 Å². The van der Waals surface area contributed by atoms with Gasteiger partial charge in [-0.1, -0.05) is 12.1 Å². The van der Waals surface area contributed by atoms with Crippen molar-refractivity contribution in [3.8, 4) is 0 Å². The first-order valence-corrected chi connectivity index (χ1v) is 5.91. The number of aryl methyl sites for hydroxylation is 1. The second-order valence-corrected chi connectivity index (χ2v) is 4.21. The maximum absolute atomic E-state index is 11.7. The summed E-state index contributed by atoms with van der Waals surface area (Å²) in [6.45, 7) is 1.94. The summed E-state index contributed by atoms with van der Waals surface area (Å²) in [5.74, 6) is 0.322. The third-order valence-corrected chi connectivity index (χ3v) is 2.50. The van der Waals surface area contributed by atoms with Crippen molar-refractivity contribution in [3.63, 3.8) is 0 Å². The molecular weight excluding hydrogens is 238 g/mol. The predicted octanol–water partition coefficient (Wildman–Crippen LogP) is 2.62. The molecule has 0 aliphatic rings. The zero-order valence-electron chi connectivity index (χ0n) is 10.6. The van der Waals surface area contributed by atoms with Crippen LogP contribution in [0.3, 0.4) is 0 Å². The Bertz CT molecular complexity index is 620. The Labute approximate surface area is 112 Å². The van der Waals surface area contributed by atoms with E-state index in [1.54, 1.807) is 24.4 Å². The number of carbonyl (C=O) groups excluding carboxylic acids is 1. The molecule has 0 aliphatic heterocycles. The molecule has 0 saturated heterocycles. The summed E-state index contributed by atoms with van der Waals surface area (Å²) in [5.41, 5.74) is 8.26. The zero-order valence-corrected chi connectivity index (χ0v) is 10.6. The SMILES string of the molecule is Cc1ccnc(NC(=O)/C=C/c2cccc(N)c2)c1. The van der Waals surface area contributed by atoms with E-state index in [9.17, 15) is 4.79 Å². The first-order chi connectivity index (χ1) is 9.13. The molecule has 0 unspecified atom stereocenters. The molecule has 4 nitrogen and oxygen atoms in total. The van der Waals surface area contributed by atoms with Gasteiger partial charge < -0.3 is 11.1 Å². The van der Waals surface area contributed by atoms with Gasteiger partial charge in [-0.05, 0) is 48.4 Å². The second kappa shape index (κ2) is 5.82. The summed E-state index contributed by atoms with van der Waals surface area (Å²) in [4.78, 5) is 15.8. The molecule has 0 fully saturated rings. The van der Waals surface area contributed by atoms with E-state index < -0.39 is 0 Å². The van der Waals surface area contributed by atoms with Crippen molar-refractivity contribution in [2.24, 2.45) is 0 Å². The highest BCUT2D eigenvalue weighted by molar-refractivity contribution is 6.01. The Morgan fingerprint density at radius 2 is 2.16 bits per heavy atom. The Balaban J connectivity index is 2.01. The van der Waals surface area contributed by atoms with Gasteiger partial charge in [-0.25, -0.2) is 4.98 Å². The molecule has 1 aromatic carbocycles. The quantitative estimate of drug-likeness (QED) is 0.652. The standard InChI is InChI=1S/C15H15N3O/c1-11-7-8-17-14(9-11)18-15(19)6-5-12-3-2-4-13(16)10-12/h2-10H,16H2,1H3,(H,17,18,19)/b6-5+. The smallest absolute Gasteiger partial charge is 0.249 e. The number of anilines is 2. The third kappa shape index (κ3) is 3.96. The topological polar surface area (TPSA) is 68.0 Å². The van der Waals surface area contributed by atoms with Gasteiger partial charge in [0.25, 0.3) is 0 Å². The van der Waals surface area contributed by atoms with Gasteiger partial charge in [0.1, 0.15) is 5.82 Å². The van der Waals surface area contributed by atoms with Crippen molar-refractivity contribution < 1.29 is 4.79 Å². The van der Waals surface area contributed by atoms with Gasteiger partial charge in [-0.15, -0.1) is 0 Å². The lowest BCUT2D eigenvalue weighted by Gasteiger charge is -2.01. The number of rotatable bonds is 3. The van der Waals surface area contributed by atoms with Gasteiger partial charge in [-0.2, -0.15) is 0 Å². The third-order valence-electron chi connectivity index (χ3n) is 2.50. The number of aromatic nitrogens is 1. The van der Waals surface area contributed by atoms with Crippen LogP contribution in [-0.4, -0.2) is 10.9 Å². The molecule has 19 heavy (non-hydrogen) atoms. The Morgan fingerprint density at radius 3 is 2.89 bits per heavy atom. The van der Waals surface area contributed by atoms with Gasteiger partial charge in [0, 0.05) is 18.0 Å². The molecule has 96 valence electrons. The van der Waals surface area contributed by atoms with E-state index in [1.807, 2.05) is 31.2 Å². The van der Waals surface area contributed by atoms with Crippen LogP contribution >= 0.6 is 0 Å². The van der Waals surface area contributed by atoms with Crippen LogP contribution in [0.15, 0.2) is 48.7 Å². The van der Waals surface area contributed by atoms with Crippen LogP contribution in [0.25, 0.3) is 6.08 Å². The summed E-state index contributed by atoms with van der Waals surface area (Å²) in [5, 5.41) is 2.70. The fourth-order valence-electron chi connectivity index (χ4n) is 1.61. The van der Waals surface area contributed by atoms with Gasteiger partial charge in [0.2, 0.25) is 5.91 Å². The van der Waals surface area contributed by atoms with Crippen molar-refractivity contribution in [1.82, 2.24) is 4.98 Å². The summed E-state index contributed by atoms with van der Waals surface area (Å²) in [6.07, 6.45) is 4.83. The predicted molar refractivity (Wildman–Crippen MR) is 77.5 cm³/mol. The largest absolute Gasteiger partial charge is 0.399 e. The van der Waals surface area contributed by atoms with Crippen molar-refractivity contribution in [1.29, 1.82) is 0 Å². The molecule has 4 heteroatoms. The van der Waals surface area contributed by atoms with Crippen molar-refractivity contribution in [3.05, 3.63) is 59.8 Å². The number of nitrogens with zero attached hydrogens (tertiary/aromatic N) is 1. The minimum absolute atomic E-state index is 0.222. The van der Waals surface area contributed by atoms with Gasteiger partial charge in [-0.3, -0.25) is 4.79 Å². The highest BCUT2D eigenvalue weighted by Gasteiger charge is 1.99. The highest BCUT2D eigenvalue weighted by Crippen LogP contribution is 2.09. The van der Waals surface area contributed by atoms with Crippen molar-refractivity contribution in [2.75, 3.05) is 11.1 Å². The number of amides is 1. The lowest BCUT2D eigenvalue weighted by atomic mass is 10.2. The number of carbonyl (C=O) groups is 1. The van der Waals surface area contributed by atoms with Crippen LogP contribution in [0.2, 0.25) is 0 Å². The normalized spacial score (nSPS) is 10.6. The maximum Gasteiger partial charge on any atom is 0.249 e. The molecule has 1 aromatic heterocycles. The van der Waals surface area contributed by atoms with E-state index in [4.69, 9.17) is 5.73 Å². The lowest BCUT2D eigenvalue weighted by Crippen LogP contribution is -2.09. The first kappa shape index (κ1) is 12.8. The molecule has 0 bridgehead atoms. The van der Waals surface area contributed by atoms with E-state index in [1.165, 1.54) is 6.08 Å². The van der Waals surface area contributed by atoms with Crippen LogP contribution in [-0.2, 0) is 4.79 Å². The Hall–Kier alpha value is -2.62. The average molecular weight is 253 g/mol. The van der Waals surface area contributed by atoms with E-state index in [0.717, 1.165) is 11.1 Å². The minimum Gasteiger partial charge on any atom is -0.399 e. The summed E-state index contributed by atoms with van der Waals surface area (Å²) in [6, 6.07) is 11.0. The number of pyridine rings is 1. The molecule has 0 saturated carbocycles. The van der Waals surface area contributed by atoms with Gasteiger partial charge >= 0.3 is 0 Å². The molecule has 1 amide bonds. The van der Waals surface area contributed by atoms with Crippen LogP contribution in [0.4, 0.5) is 11.5 Å². The summed E-state index contributed by atoms with van der Waals surface area (Å²) < 4.78 is 0. The number of nitrogen functional groups attached to an aromatic ring is 1. The average Bonchev–Trinajstić information content (AvgIpc) is 2.36. The number of benzene rings is 1. The zero-order chi connectivity index (χ0) is 13.7. The summed E-state index contributed by atoms with van der Waals surface area (Å²) in [7, 11) is 0. The number of nitrogens with two attached hydrogens (primary N) is 1. The molecule has 0 atom stereocenters. The molecule has 1 heterocycles. The van der Waals surface area contributed by atoms with Gasteiger partial charge in [0.15, 0.2) is 0 Å². The molecule has 0 radical (unpaired) electrons. The number of hydrogen-bond acceptors (Lipinski definition) is 3. The Morgan fingerprint density at radius 1 is 1.32 bits per heavy atom. The van der Waals surface area contributed by atoms with Crippen LogP contribution in [0.5, 0.6) is 0 Å².